The highest BCUT2D eigenvalue weighted by Crippen LogP contribution is 2.20. The molecule has 27 heavy (non-hydrogen) atoms. The summed E-state index contributed by atoms with van der Waals surface area (Å²) in [6, 6.07) is 0. The molecular weight excluding hydrogens is 455 g/mol. The molecule has 0 saturated carbocycles. The van der Waals surface area contributed by atoms with E-state index in [0.29, 0.717) is 6.10 Å². The lowest BCUT2D eigenvalue weighted by Crippen LogP contribution is -2.45. The van der Waals surface area contributed by atoms with E-state index in [-0.39, 0.29) is 24.0 Å². The van der Waals surface area contributed by atoms with E-state index in [1.54, 1.807) is 0 Å². The molecule has 3 unspecified atom stereocenters. The van der Waals surface area contributed by atoms with Crippen molar-refractivity contribution in [1.29, 1.82) is 0 Å². The van der Waals surface area contributed by atoms with E-state index >= 15 is 0 Å². The van der Waals surface area contributed by atoms with Gasteiger partial charge in [-0.15, -0.1) is 24.0 Å². The molecule has 2 fully saturated rings. The number of likely N-dealkylation sites (tertiary alicyclic amines) is 1. The van der Waals surface area contributed by atoms with Crippen LogP contribution in [0.15, 0.2) is 4.99 Å². The molecule has 0 spiro atoms. The van der Waals surface area contributed by atoms with Gasteiger partial charge in [0.25, 0.3) is 0 Å². The van der Waals surface area contributed by atoms with Crippen LogP contribution in [0.4, 0.5) is 0 Å². The molecule has 2 N–H and O–H groups in total. The summed E-state index contributed by atoms with van der Waals surface area (Å²) in [7, 11) is 0. The molecule has 0 aromatic carbocycles. The predicted octanol–water partition coefficient (Wildman–Crippen LogP) is 2.72. The lowest BCUT2D eigenvalue weighted by Gasteiger charge is -2.35. The highest BCUT2D eigenvalue weighted by atomic mass is 127. The van der Waals surface area contributed by atoms with Crippen molar-refractivity contribution in [2.45, 2.75) is 52.6 Å². The Kier molecular flexibility index (Phi) is 13.7. The Morgan fingerprint density at radius 2 is 2.00 bits per heavy atom. The third-order valence-corrected chi connectivity index (χ3v) is 5.05. The summed E-state index contributed by atoms with van der Waals surface area (Å²) in [6.07, 6.45) is 4.94. The highest BCUT2D eigenvalue weighted by Gasteiger charge is 2.21. The molecule has 2 aliphatic rings. The minimum absolute atomic E-state index is 0. The van der Waals surface area contributed by atoms with Crippen LogP contribution in [0.1, 0.15) is 46.5 Å². The maximum absolute atomic E-state index is 5.70. The molecule has 2 aliphatic heterocycles. The van der Waals surface area contributed by atoms with Gasteiger partial charge in [-0.2, -0.15) is 0 Å². The molecule has 2 saturated heterocycles. The fourth-order valence-corrected chi connectivity index (χ4v) is 4.00. The average Bonchev–Trinajstić information content (AvgIpc) is 3.10. The second kappa shape index (κ2) is 14.8. The van der Waals surface area contributed by atoms with Crippen LogP contribution in [0.25, 0.3) is 0 Å². The largest absolute Gasteiger partial charge is 0.379 e. The van der Waals surface area contributed by atoms with Crippen molar-refractivity contribution in [3.8, 4) is 0 Å². The summed E-state index contributed by atoms with van der Waals surface area (Å²) in [5, 5.41) is 6.80. The van der Waals surface area contributed by atoms with Crippen LogP contribution in [0, 0.1) is 11.8 Å². The number of ether oxygens (including phenoxy) is 2. The molecule has 0 aromatic heterocycles. The van der Waals surface area contributed by atoms with E-state index in [4.69, 9.17) is 9.47 Å². The Bertz CT molecular complexity index is 395. The van der Waals surface area contributed by atoms with Crippen molar-refractivity contribution in [1.82, 2.24) is 15.5 Å². The van der Waals surface area contributed by atoms with Crippen molar-refractivity contribution in [3.63, 3.8) is 0 Å². The number of hydrogen-bond donors (Lipinski definition) is 2. The van der Waals surface area contributed by atoms with Gasteiger partial charge < -0.3 is 25.0 Å². The molecule has 0 bridgehead atoms. The van der Waals surface area contributed by atoms with Crippen LogP contribution in [-0.2, 0) is 9.47 Å². The molecule has 0 radical (unpaired) electrons. The molecular formula is C20H41IN4O2. The number of piperidine rings is 1. The van der Waals surface area contributed by atoms with Crippen LogP contribution in [0.3, 0.4) is 0 Å². The first kappa shape index (κ1) is 24.9. The predicted molar refractivity (Wildman–Crippen MR) is 123 cm³/mol. The third-order valence-electron chi connectivity index (χ3n) is 5.05. The number of hydrogen-bond acceptors (Lipinski definition) is 4. The zero-order valence-corrected chi connectivity index (χ0v) is 19.9. The number of aliphatic imine (C=N–C) groups is 1. The summed E-state index contributed by atoms with van der Waals surface area (Å²) in [6.45, 7) is 15.4. The Labute approximate surface area is 183 Å². The summed E-state index contributed by atoms with van der Waals surface area (Å²) >= 11 is 0. The lowest BCUT2D eigenvalue weighted by molar-refractivity contribution is 0.0171. The Morgan fingerprint density at radius 1 is 1.22 bits per heavy atom. The maximum atomic E-state index is 5.70. The number of rotatable bonds is 10. The summed E-state index contributed by atoms with van der Waals surface area (Å²) in [5.41, 5.74) is 0. The Balaban J connectivity index is 0.00000364. The topological polar surface area (TPSA) is 58.1 Å². The lowest BCUT2D eigenvalue weighted by atomic mass is 9.92. The van der Waals surface area contributed by atoms with Gasteiger partial charge >= 0.3 is 0 Å². The average molecular weight is 496 g/mol. The molecule has 0 amide bonds. The maximum Gasteiger partial charge on any atom is 0.191 e. The monoisotopic (exact) mass is 496 g/mol. The molecule has 7 heteroatoms. The molecule has 0 aromatic rings. The second-order valence-corrected chi connectivity index (χ2v) is 7.96. The van der Waals surface area contributed by atoms with Gasteiger partial charge in [0, 0.05) is 52.5 Å². The molecule has 3 atom stereocenters. The van der Waals surface area contributed by atoms with Gasteiger partial charge in [0.2, 0.25) is 0 Å². The zero-order valence-electron chi connectivity index (χ0n) is 17.5. The van der Waals surface area contributed by atoms with Crippen LogP contribution in [-0.4, -0.2) is 76.1 Å². The first-order valence-corrected chi connectivity index (χ1v) is 10.6. The summed E-state index contributed by atoms with van der Waals surface area (Å²) in [5.74, 6) is 2.55. The minimum atomic E-state index is 0. The molecule has 2 rings (SSSR count). The molecule has 0 aliphatic carbocycles. The van der Waals surface area contributed by atoms with Gasteiger partial charge in [0.1, 0.15) is 0 Å². The number of nitrogens with one attached hydrogen (secondary N) is 2. The first-order chi connectivity index (χ1) is 12.7. The first-order valence-electron chi connectivity index (χ1n) is 10.6. The molecule has 2 heterocycles. The van der Waals surface area contributed by atoms with E-state index in [1.165, 1.54) is 25.9 Å². The molecule has 160 valence electrons. The van der Waals surface area contributed by atoms with Gasteiger partial charge in [-0.05, 0) is 44.4 Å². The van der Waals surface area contributed by atoms with E-state index in [1.807, 2.05) is 0 Å². The van der Waals surface area contributed by atoms with E-state index in [9.17, 15) is 0 Å². The normalized spacial score (nSPS) is 26.6. The Hall–Kier alpha value is -0.120. The van der Waals surface area contributed by atoms with Crippen molar-refractivity contribution >= 4 is 29.9 Å². The van der Waals surface area contributed by atoms with Crippen molar-refractivity contribution in [2.75, 3.05) is 59.1 Å². The van der Waals surface area contributed by atoms with E-state index in [0.717, 1.165) is 76.6 Å². The SMILES string of the molecule is CCNC(=NCCCOCC1CCCO1)NCCN1CC(C)CC(C)C1.I. The fraction of sp³-hybridized carbons (Fsp3) is 0.950. The van der Waals surface area contributed by atoms with Gasteiger partial charge in [0.05, 0.1) is 12.7 Å². The van der Waals surface area contributed by atoms with Crippen LogP contribution >= 0.6 is 24.0 Å². The second-order valence-electron chi connectivity index (χ2n) is 7.96. The molecule has 6 nitrogen and oxygen atoms in total. The Morgan fingerprint density at radius 3 is 2.67 bits per heavy atom. The number of guanidine groups is 1. The number of halogens is 1. The van der Waals surface area contributed by atoms with Gasteiger partial charge in [-0.1, -0.05) is 13.8 Å². The van der Waals surface area contributed by atoms with Crippen LogP contribution < -0.4 is 10.6 Å². The highest BCUT2D eigenvalue weighted by molar-refractivity contribution is 14.0. The van der Waals surface area contributed by atoms with Crippen molar-refractivity contribution < 1.29 is 9.47 Å². The van der Waals surface area contributed by atoms with Crippen LogP contribution in [0.2, 0.25) is 0 Å². The minimum Gasteiger partial charge on any atom is -0.379 e. The fourth-order valence-electron chi connectivity index (χ4n) is 4.00. The summed E-state index contributed by atoms with van der Waals surface area (Å²) in [4.78, 5) is 7.24. The zero-order chi connectivity index (χ0) is 18.6. The standard InChI is InChI=1S/C20H40N4O2.HI/c1-4-21-20(22-8-6-11-25-16-19-7-5-12-26-19)23-9-10-24-14-17(2)13-18(3)15-24;/h17-19H,4-16H2,1-3H3,(H2,21,22,23);1H. The van der Waals surface area contributed by atoms with Crippen molar-refractivity contribution in [3.05, 3.63) is 0 Å². The van der Waals surface area contributed by atoms with Crippen LogP contribution in [0.5, 0.6) is 0 Å². The van der Waals surface area contributed by atoms with Crippen molar-refractivity contribution in [2.24, 2.45) is 16.8 Å². The summed E-state index contributed by atoms with van der Waals surface area (Å²) < 4.78 is 11.3. The third kappa shape index (κ3) is 10.9. The van der Waals surface area contributed by atoms with Gasteiger partial charge in [-0.25, -0.2) is 0 Å². The quantitative estimate of drug-likeness (QED) is 0.211. The van der Waals surface area contributed by atoms with Gasteiger partial charge in [0.15, 0.2) is 5.96 Å². The van der Waals surface area contributed by atoms with Gasteiger partial charge in [-0.3, -0.25) is 4.99 Å². The number of nitrogens with zero attached hydrogens (tertiary/aromatic N) is 2. The van der Waals surface area contributed by atoms with E-state index < -0.39 is 0 Å². The smallest absolute Gasteiger partial charge is 0.191 e. The van der Waals surface area contributed by atoms with E-state index in [2.05, 4.69) is 41.3 Å².